The molecule has 2 aliphatic heterocycles. The molecule has 180 valence electrons. The normalized spacial score (nSPS) is 18.9. The van der Waals surface area contributed by atoms with Crippen LogP contribution in [0.1, 0.15) is 35.2 Å². The minimum absolute atomic E-state index is 0.00339. The summed E-state index contributed by atoms with van der Waals surface area (Å²) in [5.74, 6) is -1.93. The third-order valence-electron chi connectivity index (χ3n) is 6.12. The zero-order valence-corrected chi connectivity index (χ0v) is 19.3. The van der Waals surface area contributed by atoms with E-state index in [1.54, 1.807) is 16.5 Å². The summed E-state index contributed by atoms with van der Waals surface area (Å²) in [5, 5.41) is 11.6. The Bertz CT molecular complexity index is 1270. The molecule has 12 heteroatoms. The summed E-state index contributed by atoms with van der Waals surface area (Å²) in [6.45, 7) is 3.62. The molecule has 1 unspecified atom stereocenters. The number of halogens is 1. The van der Waals surface area contributed by atoms with E-state index in [1.165, 1.54) is 29.0 Å². The van der Waals surface area contributed by atoms with Crippen LogP contribution in [0.4, 0.5) is 10.2 Å². The Balaban J connectivity index is 1.40. The largest absolute Gasteiger partial charge is 0.477 e. The summed E-state index contributed by atoms with van der Waals surface area (Å²) < 4.78 is 22.4. The lowest BCUT2D eigenvalue weighted by atomic mass is 10.1. The molecule has 2 fully saturated rings. The summed E-state index contributed by atoms with van der Waals surface area (Å²) in [7, 11) is 0. The van der Waals surface area contributed by atoms with Crippen molar-refractivity contribution in [3.8, 4) is 5.13 Å². The molecule has 10 nitrogen and oxygen atoms in total. The number of pyridine rings is 2. The van der Waals surface area contributed by atoms with Crippen molar-refractivity contribution >= 4 is 34.2 Å². The number of anilines is 1. The molecule has 2 aliphatic rings. The number of hydrogen-bond acceptors (Lipinski definition) is 9. The maximum atomic E-state index is 15.3. The molecule has 0 spiro atoms. The van der Waals surface area contributed by atoms with E-state index in [1.807, 2.05) is 0 Å². The predicted molar refractivity (Wildman–Crippen MR) is 123 cm³/mol. The number of carboxylic acids is 1. The minimum Gasteiger partial charge on any atom is -0.477 e. The summed E-state index contributed by atoms with van der Waals surface area (Å²) in [6, 6.07) is -0.00339. The standard InChI is InChI=1S/C22H24FN5O5S/c1-12-16-18(29)15(21(30)31)10-28(22-24-5-7-34-22)19(16)25-20(17(12)23)27-8-13(9-27)26-33-11-14-4-2-3-6-32-14/h5,7,10,13-14,26H,2-4,6,8-9,11H2,1H3,(H,30,31). The topological polar surface area (TPSA) is 119 Å². The maximum absolute atomic E-state index is 15.3. The molecule has 0 saturated carbocycles. The second kappa shape index (κ2) is 9.37. The fraction of sp³-hybridized carbons (Fsp3) is 0.455. The number of thiazole rings is 1. The first-order valence-corrected chi connectivity index (χ1v) is 11.9. The molecule has 5 heterocycles. The van der Waals surface area contributed by atoms with E-state index >= 15 is 4.39 Å². The zero-order valence-electron chi connectivity index (χ0n) is 18.5. The van der Waals surface area contributed by atoms with Gasteiger partial charge in [-0.15, -0.1) is 11.3 Å². The van der Waals surface area contributed by atoms with E-state index in [0.717, 1.165) is 25.9 Å². The van der Waals surface area contributed by atoms with Crippen molar-refractivity contribution in [2.24, 2.45) is 0 Å². The van der Waals surface area contributed by atoms with Gasteiger partial charge >= 0.3 is 5.97 Å². The van der Waals surface area contributed by atoms with Gasteiger partial charge in [-0.3, -0.25) is 14.2 Å². The lowest BCUT2D eigenvalue weighted by molar-refractivity contribution is -0.0799. The third-order valence-corrected chi connectivity index (χ3v) is 6.89. The first kappa shape index (κ1) is 22.8. The second-order valence-corrected chi connectivity index (χ2v) is 9.33. The number of carbonyl (C=O) groups is 1. The quantitative estimate of drug-likeness (QED) is 0.482. The highest BCUT2D eigenvalue weighted by molar-refractivity contribution is 7.12. The average molecular weight is 490 g/mol. The zero-order chi connectivity index (χ0) is 23.8. The highest BCUT2D eigenvalue weighted by atomic mass is 32.1. The van der Waals surface area contributed by atoms with Crippen LogP contribution >= 0.6 is 11.3 Å². The molecular weight excluding hydrogens is 465 g/mol. The average Bonchev–Trinajstić information content (AvgIpc) is 3.33. The predicted octanol–water partition coefficient (Wildman–Crippen LogP) is 2.27. The van der Waals surface area contributed by atoms with Crippen LogP contribution in [0, 0.1) is 12.7 Å². The number of fused-ring (bicyclic) bond motifs is 1. The molecule has 34 heavy (non-hydrogen) atoms. The molecule has 3 aromatic heterocycles. The first-order valence-electron chi connectivity index (χ1n) is 11.1. The van der Waals surface area contributed by atoms with Crippen molar-refractivity contribution < 1.29 is 23.9 Å². The van der Waals surface area contributed by atoms with Crippen LogP contribution in [0.5, 0.6) is 0 Å². The summed E-state index contributed by atoms with van der Waals surface area (Å²) >= 11 is 1.26. The van der Waals surface area contributed by atoms with Crippen LogP contribution in [0.15, 0.2) is 22.6 Å². The molecule has 0 bridgehead atoms. The van der Waals surface area contributed by atoms with Gasteiger partial charge in [-0.2, -0.15) is 5.48 Å². The van der Waals surface area contributed by atoms with Gasteiger partial charge in [-0.25, -0.2) is 19.2 Å². The highest BCUT2D eigenvalue weighted by Crippen LogP contribution is 2.30. The summed E-state index contributed by atoms with van der Waals surface area (Å²) in [4.78, 5) is 40.5. The van der Waals surface area contributed by atoms with Crippen LogP contribution in [0.25, 0.3) is 16.2 Å². The van der Waals surface area contributed by atoms with Crippen molar-refractivity contribution in [2.45, 2.75) is 38.3 Å². The third kappa shape index (κ3) is 4.17. The molecule has 0 aromatic carbocycles. The van der Waals surface area contributed by atoms with Crippen molar-refractivity contribution in [3.63, 3.8) is 0 Å². The van der Waals surface area contributed by atoms with Crippen molar-refractivity contribution in [2.75, 3.05) is 31.2 Å². The Morgan fingerprint density at radius 2 is 2.24 bits per heavy atom. The number of aromatic nitrogens is 3. The Kier molecular flexibility index (Phi) is 6.30. The number of ether oxygens (including phenoxy) is 1. The van der Waals surface area contributed by atoms with Gasteiger partial charge in [0.15, 0.2) is 22.4 Å². The Morgan fingerprint density at radius 3 is 2.91 bits per heavy atom. The lowest BCUT2D eigenvalue weighted by Gasteiger charge is -2.40. The van der Waals surface area contributed by atoms with Gasteiger partial charge in [-0.1, -0.05) is 0 Å². The molecule has 0 radical (unpaired) electrons. The van der Waals surface area contributed by atoms with E-state index < -0.39 is 22.8 Å². The van der Waals surface area contributed by atoms with Gasteiger partial charge in [-0.05, 0) is 26.2 Å². The number of carboxylic acid groups (broad SMARTS) is 1. The minimum atomic E-state index is -1.39. The summed E-state index contributed by atoms with van der Waals surface area (Å²) in [6.07, 6.45) is 6.05. The van der Waals surface area contributed by atoms with E-state index in [0.29, 0.717) is 24.8 Å². The van der Waals surface area contributed by atoms with Crippen molar-refractivity contribution in [1.29, 1.82) is 0 Å². The van der Waals surface area contributed by atoms with Gasteiger partial charge in [0.25, 0.3) is 0 Å². The molecular formula is C22H24FN5O5S. The Morgan fingerprint density at radius 1 is 1.41 bits per heavy atom. The van der Waals surface area contributed by atoms with E-state index in [2.05, 4.69) is 15.4 Å². The molecule has 5 rings (SSSR count). The SMILES string of the molecule is Cc1c(F)c(N2CC(NOCC3CCCCO3)C2)nc2c1c(=O)c(C(=O)O)cn2-c1nccs1. The van der Waals surface area contributed by atoms with Gasteiger partial charge in [0, 0.05) is 43.0 Å². The van der Waals surface area contributed by atoms with Crippen LogP contribution in [-0.2, 0) is 9.57 Å². The number of aromatic carboxylic acids is 1. The smallest absolute Gasteiger partial charge is 0.341 e. The van der Waals surface area contributed by atoms with Gasteiger partial charge in [0.1, 0.15) is 5.56 Å². The Hall–Kier alpha value is -2.93. The molecule has 0 amide bonds. The van der Waals surface area contributed by atoms with E-state index in [4.69, 9.17) is 9.57 Å². The lowest BCUT2D eigenvalue weighted by Crippen LogP contribution is -2.59. The highest BCUT2D eigenvalue weighted by Gasteiger charge is 2.32. The molecule has 0 aliphatic carbocycles. The molecule has 2 saturated heterocycles. The molecule has 3 aromatic rings. The number of aryl methyl sites for hydroxylation is 1. The monoisotopic (exact) mass is 489 g/mol. The van der Waals surface area contributed by atoms with Crippen molar-refractivity contribution in [1.82, 2.24) is 20.0 Å². The van der Waals surface area contributed by atoms with Crippen LogP contribution < -0.4 is 15.8 Å². The number of nitrogens with zero attached hydrogens (tertiary/aromatic N) is 4. The number of hydrogen-bond donors (Lipinski definition) is 2. The fourth-order valence-electron chi connectivity index (χ4n) is 4.25. The maximum Gasteiger partial charge on any atom is 0.341 e. The van der Waals surface area contributed by atoms with Gasteiger partial charge in [0.2, 0.25) is 5.43 Å². The fourth-order valence-corrected chi connectivity index (χ4v) is 4.86. The van der Waals surface area contributed by atoms with Gasteiger partial charge in [0.05, 0.1) is 24.1 Å². The van der Waals surface area contributed by atoms with Gasteiger partial charge < -0.3 is 14.7 Å². The first-order chi connectivity index (χ1) is 16.4. The Labute approximate surface area is 197 Å². The van der Waals surface area contributed by atoms with Crippen molar-refractivity contribution in [3.05, 3.63) is 44.9 Å². The number of nitrogens with one attached hydrogen (secondary N) is 1. The van der Waals surface area contributed by atoms with Crippen LogP contribution in [0.2, 0.25) is 0 Å². The van der Waals surface area contributed by atoms with Crippen LogP contribution in [0.3, 0.4) is 0 Å². The van der Waals surface area contributed by atoms with Crippen LogP contribution in [-0.4, -0.2) is 64.1 Å². The molecule has 2 N–H and O–H groups in total. The number of rotatable bonds is 7. The van der Waals surface area contributed by atoms with E-state index in [-0.39, 0.29) is 34.6 Å². The molecule has 1 atom stereocenters. The summed E-state index contributed by atoms with van der Waals surface area (Å²) in [5.41, 5.74) is 1.99. The second-order valence-electron chi connectivity index (χ2n) is 8.45. The van der Waals surface area contributed by atoms with E-state index in [9.17, 15) is 14.7 Å². The number of hydroxylamine groups is 1.